The highest BCUT2D eigenvalue weighted by atomic mass is 16.2. The van der Waals surface area contributed by atoms with Crippen LogP contribution in [0.3, 0.4) is 0 Å². The lowest BCUT2D eigenvalue weighted by Crippen LogP contribution is -2.34. The zero-order valence-electron chi connectivity index (χ0n) is 11.0. The van der Waals surface area contributed by atoms with Crippen LogP contribution in [0.1, 0.15) is 36.5 Å². The number of anilines is 1. The highest BCUT2D eigenvalue weighted by Crippen LogP contribution is 2.20. The van der Waals surface area contributed by atoms with Gasteiger partial charge in [0, 0.05) is 17.3 Å². The number of amides is 2. The van der Waals surface area contributed by atoms with Gasteiger partial charge in [-0.2, -0.15) is 0 Å². The molecule has 2 amide bonds. The van der Waals surface area contributed by atoms with Crippen LogP contribution in [-0.2, 0) is 4.79 Å². The Bertz CT molecular complexity index is 483. The molecule has 1 atom stereocenters. The third kappa shape index (κ3) is 3.79. The van der Waals surface area contributed by atoms with Gasteiger partial charge in [-0.15, -0.1) is 0 Å². The quantitative estimate of drug-likeness (QED) is 0.746. The van der Waals surface area contributed by atoms with Gasteiger partial charge in [0.1, 0.15) is 0 Å². The summed E-state index contributed by atoms with van der Waals surface area (Å²) < 4.78 is 0. The number of rotatable bonds is 5. The number of nitrogens with two attached hydrogens (primary N) is 1. The van der Waals surface area contributed by atoms with Crippen molar-refractivity contribution in [2.24, 2.45) is 5.73 Å². The van der Waals surface area contributed by atoms with Gasteiger partial charge in [0.15, 0.2) is 0 Å². The zero-order valence-corrected chi connectivity index (χ0v) is 11.0. The molecule has 4 N–H and O–H groups in total. The van der Waals surface area contributed by atoms with Gasteiger partial charge in [0.05, 0.1) is 6.04 Å². The van der Waals surface area contributed by atoms with Gasteiger partial charge in [-0.05, 0) is 37.5 Å². The predicted molar refractivity (Wildman–Crippen MR) is 73.8 cm³/mol. The molecule has 0 unspecified atom stereocenters. The Balaban J connectivity index is 2.01. The Morgan fingerprint density at radius 3 is 2.79 bits per heavy atom. The number of nitrogens with one attached hydrogen (secondary N) is 2. The molecule has 102 valence electrons. The van der Waals surface area contributed by atoms with Crippen LogP contribution >= 0.6 is 0 Å². The van der Waals surface area contributed by atoms with Crippen LogP contribution < -0.4 is 16.4 Å². The molecule has 1 aliphatic rings. The Kier molecular flexibility index (Phi) is 4.16. The summed E-state index contributed by atoms with van der Waals surface area (Å²) >= 11 is 0. The monoisotopic (exact) mass is 261 g/mol. The summed E-state index contributed by atoms with van der Waals surface area (Å²) in [6.45, 7) is 1.85. The van der Waals surface area contributed by atoms with Gasteiger partial charge < -0.3 is 16.4 Å². The van der Waals surface area contributed by atoms with E-state index >= 15 is 0 Å². The fraction of sp³-hybridized carbons (Fsp3) is 0.429. The second kappa shape index (κ2) is 5.84. The van der Waals surface area contributed by atoms with E-state index in [2.05, 4.69) is 10.6 Å². The van der Waals surface area contributed by atoms with Crippen LogP contribution in [0.15, 0.2) is 24.3 Å². The Morgan fingerprint density at radius 2 is 2.16 bits per heavy atom. The summed E-state index contributed by atoms with van der Waals surface area (Å²) in [7, 11) is 0. The molecule has 0 spiro atoms. The second-order valence-corrected chi connectivity index (χ2v) is 4.83. The molecule has 1 aromatic carbocycles. The van der Waals surface area contributed by atoms with Crippen LogP contribution in [0, 0.1) is 0 Å². The van der Waals surface area contributed by atoms with Crippen molar-refractivity contribution >= 4 is 17.5 Å². The number of carbonyl (C=O) groups is 2. The molecule has 0 bridgehead atoms. The average molecular weight is 261 g/mol. The van der Waals surface area contributed by atoms with Crippen molar-refractivity contribution in [1.82, 2.24) is 5.32 Å². The van der Waals surface area contributed by atoms with Crippen molar-refractivity contribution in [3.05, 3.63) is 29.8 Å². The fourth-order valence-electron chi connectivity index (χ4n) is 1.65. The molecular formula is C14H19N3O2. The van der Waals surface area contributed by atoms with E-state index in [-0.39, 0.29) is 11.8 Å². The van der Waals surface area contributed by atoms with Crippen LogP contribution in [0.4, 0.5) is 5.69 Å². The molecule has 1 fully saturated rings. The van der Waals surface area contributed by atoms with E-state index < -0.39 is 6.04 Å². The van der Waals surface area contributed by atoms with E-state index in [1.807, 2.05) is 6.92 Å². The smallest absolute Gasteiger partial charge is 0.251 e. The maximum Gasteiger partial charge on any atom is 0.251 e. The first-order valence-electron chi connectivity index (χ1n) is 6.57. The van der Waals surface area contributed by atoms with Crippen molar-refractivity contribution in [1.29, 1.82) is 0 Å². The first kappa shape index (κ1) is 13.5. The van der Waals surface area contributed by atoms with E-state index in [1.165, 1.54) is 0 Å². The summed E-state index contributed by atoms with van der Waals surface area (Å²) in [6, 6.07) is 6.68. The van der Waals surface area contributed by atoms with Crippen molar-refractivity contribution in [2.45, 2.75) is 38.3 Å². The summed E-state index contributed by atoms with van der Waals surface area (Å²) in [5.74, 6) is -0.333. The molecule has 0 radical (unpaired) electrons. The first-order chi connectivity index (χ1) is 9.10. The topological polar surface area (TPSA) is 84.2 Å². The largest absolute Gasteiger partial charge is 0.349 e. The first-order valence-corrected chi connectivity index (χ1v) is 6.57. The normalized spacial score (nSPS) is 15.7. The van der Waals surface area contributed by atoms with E-state index in [0.29, 0.717) is 23.7 Å². The van der Waals surface area contributed by atoms with Gasteiger partial charge in [-0.3, -0.25) is 9.59 Å². The van der Waals surface area contributed by atoms with Gasteiger partial charge >= 0.3 is 0 Å². The van der Waals surface area contributed by atoms with E-state index in [0.717, 1.165) is 12.8 Å². The summed E-state index contributed by atoms with van der Waals surface area (Å²) in [4.78, 5) is 23.6. The average Bonchev–Trinajstić information content (AvgIpc) is 3.22. The molecule has 19 heavy (non-hydrogen) atoms. The summed E-state index contributed by atoms with van der Waals surface area (Å²) in [6.07, 6.45) is 2.68. The Labute approximate surface area is 112 Å². The van der Waals surface area contributed by atoms with E-state index in [1.54, 1.807) is 24.3 Å². The maximum atomic E-state index is 11.9. The fourth-order valence-corrected chi connectivity index (χ4v) is 1.65. The third-order valence-electron chi connectivity index (χ3n) is 3.08. The van der Waals surface area contributed by atoms with Gasteiger partial charge in [-0.1, -0.05) is 13.0 Å². The minimum absolute atomic E-state index is 0.0987. The highest BCUT2D eigenvalue weighted by Gasteiger charge is 2.23. The van der Waals surface area contributed by atoms with E-state index in [9.17, 15) is 9.59 Å². The SMILES string of the molecule is CC[C@H](N)C(=O)Nc1cccc(C(=O)NC2CC2)c1. The second-order valence-electron chi connectivity index (χ2n) is 4.83. The predicted octanol–water partition coefficient (Wildman–Crippen LogP) is 1.25. The maximum absolute atomic E-state index is 11.9. The summed E-state index contributed by atoms with van der Waals surface area (Å²) in [5, 5.41) is 5.62. The lowest BCUT2D eigenvalue weighted by Gasteiger charge is -2.11. The standard InChI is InChI=1S/C14H19N3O2/c1-2-12(15)14(19)17-11-5-3-4-9(8-11)13(18)16-10-6-7-10/h3-5,8,10,12H,2,6-7,15H2,1H3,(H,16,18)(H,17,19)/t12-/m0/s1. The molecular weight excluding hydrogens is 242 g/mol. The van der Waals surface area contributed by atoms with E-state index in [4.69, 9.17) is 5.73 Å². The van der Waals surface area contributed by atoms with Gasteiger partial charge in [-0.25, -0.2) is 0 Å². The van der Waals surface area contributed by atoms with Crippen LogP contribution in [-0.4, -0.2) is 23.9 Å². The highest BCUT2D eigenvalue weighted by molar-refractivity contribution is 5.98. The number of hydrogen-bond acceptors (Lipinski definition) is 3. The van der Waals surface area contributed by atoms with Gasteiger partial charge in [0.25, 0.3) is 5.91 Å². The molecule has 0 heterocycles. The lowest BCUT2D eigenvalue weighted by atomic mass is 10.1. The molecule has 5 nitrogen and oxygen atoms in total. The van der Waals surface area contributed by atoms with Crippen LogP contribution in [0.25, 0.3) is 0 Å². The van der Waals surface area contributed by atoms with Crippen molar-refractivity contribution < 1.29 is 9.59 Å². The Hall–Kier alpha value is -1.88. The zero-order chi connectivity index (χ0) is 13.8. The molecule has 1 saturated carbocycles. The van der Waals surface area contributed by atoms with Crippen LogP contribution in [0.2, 0.25) is 0 Å². The van der Waals surface area contributed by atoms with Crippen molar-refractivity contribution in [3.63, 3.8) is 0 Å². The minimum atomic E-state index is -0.524. The Morgan fingerprint density at radius 1 is 1.42 bits per heavy atom. The summed E-state index contributed by atoms with van der Waals surface area (Å²) in [5.41, 5.74) is 6.79. The van der Waals surface area contributed by atoms with Crippen LogP contribution in [0.5, 0.6) is 0 Å². The molecule has 2 rings (SSSR count). The third-order valence-corrected chi connectivity index (χ3v) is 3.08. The lowest BCUT2D eigenvalue weighted by molar-refractivity contribution is -0.117. The molecule has 1 aromatic rings. The number of benzene rings is 1. The van der Waals surface area contributed by atoms with Gasteiger partial charge in [0.2, 0.25) is 5.91 Å². The molecule has 0 aliphatic heterocycles. The molecule has 5 heteroatoms. The van der Waals surface area contributed by atoms with Crippen molar-refractivity contribution in [3.8, 4) is 0 Å². The molecule has 0 aromatic heterocycles. The molecule has 0 saturated heterocycles. The molecule has 1 aliphatic carbocycles. The number of carbonyl (C=O) groups excluding carboxylic acids is 2. The number of hydrogen-bond donors (Lipinski definition) is 3. The van der Waals surface area contributed by atoms with Crippen molar-refractivity contribution in [2.75, 3.05) is 5.32 Å². The minimum Gasteiger partial charge on any atom is -0.349 e.